The minimum atomic E-state index is -0.177. The minimum Gasteiger partial charge on any atom is -0.309 e. The minimum absolute atomic E-state index is 0.0199. The molecule has 2 heteroatoms. The van der Waals surface area contributed by atoms with E-state index in [-0.39, 0.29) is 11.9 Å². The molecule has 0 heterocycles. The van der Waals surface area contributed by atoms with Gasteiger partial charge in [-0.25, -0.2) is 4.39 Å². The number of rotatable bonds is 5. The van der Waals surface area contributed by atoms with E-state index in [2.05, 4.69) is 43.4 Å². The Kier molecular flexibility index (Phi) is 5.13. The van der Waals surface area contributed by atoms with Crippen LogP contribution in [0.1, 0.15) is 42.1 Å². The van der Waals surface area contributed by atoms with E-state index in [1.54, 1.807) is 12.1 Å². The first-order valence-electron chi connectivity index (χ1n) is 7.52. The van der Waals surface area contributed by atoms with Crippen LogP contribution in [0.2, 0.25) is 0 Å². The van der Waals surface area contributed by atoms with E-state index in [4.69, 9.17) is 0 Å². The molecule has 0 aliphatic heterocycles. The first-order valence-corrected chi connectivity index (χ1v) is 7.52. The predicted octanol–water partition coefficient (Wildman–Crippen LogP) is 4.64. The first-order chi connectivity index (χ1) is 9.99. The molecule has 0 aliphatic carbocycles. The molecule has 0 radical (unpaired) electrons. The van der Waals surface area contributed by atoms with Crippen molar-refractivity contribution in [2.75, 3.05) is 7.05 Å². The second-order valence-electron chi connectivity index (χ2n) is 6.13. The Balaban J connectivity index is 2.36. The van der Waals surface area contributed by atoms with Gasteiger partial charge < -0.3 is 5.32 Å². The number of benzene rings is 2. The maximum absolute atomic E-state index is 13.7. The summed E-state index contributed by atoms with van der Waals surface area (Å²) in [6.45, 7) is 6.37. The van der Waals surface area contributed by atoms with Gasteiger partial charge in [-0.15, -0.1) is 0 Å². The van der Waals surface area contributed by atoms with Gasteiger partial charge in [0.1, 0.15) is 5.82 Å². The monoisotopic (exact) mass is 285 g/mol. The Morgan fingerprint density at radius 1 is 1.05 bits per heavy atom. The molecule has 2 aromatic rings. The van der Waals surface area contributed by atoms with Crippen molar-refractivity contribution in [1.82, 2.24) is 5.32 Å². The maximum Gasteiger partial charge on any atom is 0.123 e. The molecule has 0 spiro atoms. The fourth-order valence-electron chi connectivity index (χ4n) is 2.83. The van der Waals surface area contributed by atoms with Crippen molar-refractivity contribution in [3.8, 4) is 0 Å². The molecule has 0 aromatic heterocycles. The molecule has 1 unspecified atom stereocenters. The molecule has 1 N–H and O–H groups in total. The van der Waals surface area contributed by atoms with Gasteiger partial charge in [0, 0.05) is 0 Å². The third-order valence-electron chi connectivity index (χ3n) is 3.61. The molecule has 0 aliphatic rings. The molecule has 0 amide bonds. The Hall–Kier alpha value is -1.67. The largest absolute Gasteiger partial charge is 0.309 e. The molecular weight excluding hydrogens is 261 g/mol. The highest BCUT2D eigenvalue weighted by Gasteiger charge is 2.14. The molecule has 0 fully saturated rings. The van der Waals surface area contributed by atoms with Crippen LogP contribution in [0.25, 0.3) is 0 Å². The highest BCUT2D eigenvalue weighted by Crippen LogP contribution is 2.25. The lowest BCUT2D eigenvalue weighted by Gasteiger charge is -2.19. The fourth-order valence-corrected chi connectivity index (χ4v) is 2.83. The van der Waals surface area contributed by atoms with Crippen LogP contribution < -0.4 is 5.32 Å². The van der Waals surface area contributed by atoms with Crippen LogP contribution >= 0.6 is 0 Å². The fraction of sp³-hybridized carbons (Fsp3) is 0.368. The third-order valence-corrected chi connectivity index (χ3v) is 3.61. The van der Waals surface area contributed by atoms with Crippen LogP contribution in [0.4, 0.5) is 4.39 Å². The van der Waals surface area contributed by atoms with Crippen molar-refractivity contribution in [2.24, 2.45) is 5.92 Å². The van der Waals surface area contributed by atoms with E-state index in [0.717, 1.165) is 17.5 Å². The lowest BCUT2D eigenvalue weighted by Crippen LogP contribution is -2.18. The quantitative estimate of drug-likeness (QED) is 0.843. The van der Waals surface area contributed by atoms with Crippen LogP contribution in [0.3, 0.4) is 0 Å². The van der Waals surface area contributed by atoms with Crippen molar-refractivity contribution >= 4 is 0 Å². The lowest BCUT2D eigenvalue weighted by molar-refractivity contribution is 0.614. The Bertz CT molecular complexity index is 584. The Morgan fingerprint density at radius 2 is 1.81 bits per heavy atom. The van der Waals surface area contributed by atoms with Gasteiger partial charge in [-0.2, -0.15) is 0 Å². The zero-order valence-corrected chi connectivity index (χ0v) is 13.3. The van der Waals surface area contributed by atoms with Gasteiger partial charge in [0.05, 0.1) is 6.04 Å². The number of nitrogens with one attached hydrogen (secondary N) is 1. The smallest absolute Gasteiger partial charge is 0.123 e. The van der Waals surface area contributed by atoms with Crippen molar-refractivity contribution in [3.05, 3.63) is 70.5 Å². The van der Waals surface area contributed by atoms with Crippen LogP contribution in [0.5, 0.6) is 0 Å². The predicted molar refractivity (Wildman–Crippen MR) is 87.0 cm³/mol. The van der Waals surface area contributed by atoms with E-state index in [9.17, 15) is 4.39 Å². The average Bonchev–Trinajstić information content (AvgIpc) is 2.38. The van der Waals surface area contributed by atoms with E-state index in [1.807, 2.05) is 20.0 Å². The second-order valence-corrected chi connectivity index (χ2v) is 6.13. The van der Waals surface area contributed by atoms with Gasteiger partial charge in [-0.3, -0.25) is 0 Å². The van der Waals surface area contributed by atoms with E-state index < -0.39 is 0 Å². The van der Waals surface area contributed by atoms with E-state index in [1.165, 1.54) is 11.1 Å². The summed E-state index contributed by atoms with van der Waals surface area (Å²) in [4.78, 5) is 0. The van der Waals surface area contributed by atoms with Crippen molar-refractivity contribution in [2.45, 2.75) is 33.2 Å². The summed E-state index contributed by atoms with van der Waals surface area (Å²) >= 11 is 0. The standard InChI is InChI=1S/C19H24FN/c1-13(2)8-15-6-5-7-16(11-15)19(21-4)17-9-14(3)10-18(20)12-17/h5-7,9-13,19,21H,8H2,1-4H3. The molecular formula is C19H24FN. The summed E-state index contributed by atoms with van der Waals surface area (Å²) in [5.74, 6) is 0.452. The molecule has 0 saturated heterocycles. The highest BCUT2D eigenvalue weighted by atomic mass is 19.1. The summed E-state index contributed by atoms with van der Waals surface area (Å²) in [6.07, 6.45) is 1.06. The molecule has 2 aromatic carbocycles. The summed E-state index contributed by atoms with van der Waals surface area (Å²) in [5.41, 5.74) is 4.43. The zero-order valence-electron chi connectivity index (χ0n) is 13.3. The second kappa shape index (κ2) is 6.86. The topological polar surface area (TPSA) is 12.0 Å². The van der Waals surface area contributed by atoms with Crippen molar-refractivity contribution < 1.29 is 4.39 Å². The first kappa shape index (κ1) is 15.7. The average molecular weight is 285 g/mol. The Labute approximate surface area is 127 Å². The number of halogens is 1. The van der Waals surface area contributed by atoms with Gasteiger partial charge in [-0.1, -0.05) is 44.2 Å². The van der Waals surface area contributed by atoms with Gasteiger partial charge in [0.15, 0.2) is 0 Å². The van der Waals surface area contributed by atoms with Gasteiger partial charge in [-0.05, 0) is 60.7 Å². The molecule has 2 rings (SSSR count). The van der Waals surface area contributed by atoms with E-state index >= 15 is 0 Å². The van der Waals surface area contributed by atoms with Crippen molar-refractivity contribution in [3.63, 3.8) is 0 Å². The molecule has 1 atom stereocenters. The van der Waals surface area contributed by atoms with Gasteiger partial charge in [0.2, 0.25) is 0 Å². The van der Waals surface area contributed by atoms with Crippen LogP contribution in [-0.4, -0.2) is 7.05 Å². The zero-order chi connectivity index (χ0) is 15.4. The summed E-state index contributed by atoms with van der Waals surface area (Å²) in [6, 6.07) is 13.8. The third kappa shape index (κ3) is 4.15. The lowest BCUT2D eigenvalue weighted by atomic mass is 9.94. The number of hydrogen-bond acceptors (Lipinski definition) is 1. The molecule has 0 saturated carbocycles. The number of hydrogen-bond donors (Lipinski definition) is 1. The van der Waals surface area contributed by atoms with Crippen LogP contribution in [0.15, 0.2) is 42.5 Å². The Morgan fingerprint density at radius 3 is 2.43 bits per heavy atom. The van der Waals surface area contributed by atoms with Gasteiger partial charge >= 0.3 is 0 Å². The molecule has 1 nitrogen and oxygen atoms in total. The molecule has 21 heavy (non-hydrogen) atoms. The van der Waals surface area contributed by atoms with E-state index in [0.29, 0.717) is 5.92 Å². The van der Waals surface area contributed by atoms with Gasteiger partial charge in [0.25, 0.3) is 0 Å². The van der Waals surface area contributed by atoms with Crippen LogP contribution in [0, 0.1) is 18.7 Å². The number of aryl methyl sites for hydroxylation is 1. The summed E-state index contributed by atoms with van der Waals surface area (Å²) in [7, 11) is 1.92. The SMILES string of the molecule is CNC(c1cc(C)cc(F)c1)c1cccc(CC(C)C)c1. The highest BCUT2D eigenvalue weighted by molar-refractivity contribution is 5.36. The molecule has 0 bridgehead atoms. The maximum atomic E-state index is 13.7. The van der Waals surface area contributed by atoms with Crippen LogP contribution in [-0.2, 0) is 6.42 Å². The summed E-state index contributed by atoms with van der Waals surface area (Å²) < 4.78 is 13.7. The molecule has 112 valence electrons. The summed E-state index contributed by atoms with van der Waals surface area (Å²) in [5, 5.41) is 3.30. The normalized spacial score (nSPS) is 12.7. The van der Waals surface area contributed by atoms with Crippen molar-refractivity contribution in [1.29, 1.82) is 0 Å².